The molecule has 1 amide bonds. The second-order valence-electron chi connectivity index (χ2n) is 7.32. The molecular weight excluding hydrogens is 500 g/mol. The van der Waals surface area contributed by atoms with Gasteiger partial charge in [0.05, 0.1) is 17.4 Å². The van der Waals surface area contributed by atoms with Gasteiger partial charge in [-0.3, -0.25) is 9.59 Å². The summed E-state index contributed by atoms with van der Waals surface area (Å²) in [5, 5.41) is 2.47. The summed E-state index contributed by atoms with van der Waals surface area (Å²) in [6, 6.07) is 9.10. The minimum atomic E-state index is -4.49. The molecule has 0 bridgehead atoms. The first-order valence-electron chi connectivity index (χ1n) is 9.27. The summed E-state index contributed by atoms with van der Waals surface area (Å²) in [5.74, 6) is -2.99. The summed E-state index contributed by atoms with van der Waals surface area (Å²) in [7, 11) is 0. The van der Waals surface area contributed by atoms with Gasteiger partial charge in [-0.25, -0.2) is 8.78 Å². The first-order valence-corrected chi connectivity index (χ1v) is 10.4. The SMILES string of the molecule is O=C(CCC(F)(F)F)c1cc(NC(=O)C2C(c3ccc(C(F)F)cc3)C2(Cl)Cl)ccc1Cl. The molecule has 1 fully saturated rings. The van der Waals surface area contributed by atoms with Crippen LogP contribution in [0.1, 0.15) is 46.7 Å². The summed E-state index contributed by atoms with van der Waals surface area (Å²) in [6.45, 7) is 0. The Morgan fingerprint density at radius 1 is 1.06 bits per heavy atom. The molecule has 0 aliphatic heterocycles. The van der Waals surface area contributed by atoms with Crippen molar-refractivity contribution in [1.29, 1.82) is 0 Å². The average Bonchev–Trinajstić information content (AvgIpc) is 3.29. The molecule has 0 radical (unpaired) electrons. The van der Waals surface area contributed by atoms with Gasteiger partial charge in [0.1, 0.15) is 4.33 Å². The van der Waals surface area contributed by atoms with Crippen molar-refractivity contribution < 1.29 is 31.5 Å². The highest BCUT2D eigenvalue weighted by atomic mass is 35.5. The fraction of sp³-hybridized carbons (Fsp3) is 0.333. The summed E-state index contributed by atoms with van der Waals surface area (Å²) >= 11 is 18.4. The Bertz CT molecular complexity index is 1030. The number of nitrogens with one attached hydrogen (secondary N) is 1. The lowest BCUT2D eigenvalue weighted by Crippen LogP contribution is -2.17. The molecule has 2 atom stereocenters. The number of amides is 1. The third kappa shape index (κ3) is 5.53. The van der Waals surface area contributed by atoms with Crippen LogP contribution in [0.25, 0.3) is 0 Å². The first-order chi connectivity index (χ1) is 14.8. The lowest BCUT2D eigenvalue weighted by atomic mass is 10.0. The summed E-state index contributed by atoms with van der Waals surface area (Å²) in [5.41, 5.74) is 0.275. The number of halogens is 8. The second-order valence-corrected chi connectivity index (χ2v) is 9.17. The van der Waals surface area contributed by atoms with E-state index in [1.807, 2.05) is 0 Å². The Balaban J connectivity index is 1.72. The maximum Gasteiger partial charge on any atom is 0.389 e. The van der Waals surface area contributed by atoms with E-state index in [9.17, 15) is 31.5 Å². The van der Waals surface area contributed by atoms with Crippen molar-refractivity contribution in [1.82, 2.24) is 0 Å². The molecule has 32 heavy (non-hydrogen) atoms. The maximum atomic E-state index is 12.7. The van der Waals surface area contributed by atoms with Crippen LogP contribution in [0.2, 0.25) is 5.02 Å². The standard InChI is InChI=1S/C21H15Cl3F5NO2/c22-14-6-5-12(9-13(14)15(31)7-8-20(27,28)29)30-19(32)17-16(21(17,23)24)10-1-3-11(4-2-10)18(25)26/h1-6,9,16-18H,7-8H2,(H,30,32). The van der Waals surface area contributed by atoms with E-state index in [0.29, 0.717) is 5.56 Å². The minimum Gasteiger partial charge on any atom is -0.326 e. The van der Waals surface area contributed by atoms with E-state index in [0.717, 1.165) is 0 Å². The number of carbonyl (C=O) groups is 2. The number of benzene rings is 2. The van der Waals surface area contributed by atoms with E-state index >= 15 is 0 Å². The van der Waals surface area contributed by atoms with E-state index in [1.165, 1.54) is 42.5 Å². The number of alkyl halides is 7. The van der Waals surface area contributed by atoms with Gasteiger partial charge in [0.25, 0.3) is 6.43 Å². The van der Waals surface area contributed by atoms with Crippen molar-refractivity contribution in [2.75, 3.05) is 5.32 Å². The Morgan fingerprint density at radius 2 is 1.69 bits per heavy atom. The van der Waals surface area contributed by atoms with Crippen LogP contribution in [0.15, 0.2) is 42.5 Å². The van der Waals surface area contributed by atoms with E-state index in [2.05, 4.69) is 5.32 Å². The lowest BCUT2D eigenvalue weighted by molar-refractivity contribution is -0.133. The topological polar surface area (TPSA) is 46.2 Å². The maximum absolute atomic E-state index is 12.7. The second kappa shape index (κ2) is 9.15. The van der Waals surface area contributed by atoms with Crippen LogP contribution in [0.4, 0.5) is 27.6 Å². The summed E-state index contributed by atoms with van der Waals surface area (Å²) in [6.07, 6.45) is -9.22. The lowest BCUT2D eigenvalue weighted by Gasteiger charge is -2.10. The van der Waals surface area contributed by atoms with Gasteiger partial charge in [0, 0.05) is 29.2 Å². The Hall–Kier alpha value is -1.90. The van der Waals surface area contributed by atoms with Gasteiger partial charge in [0.2, 0.25) is 5.91 Å². The highest BCUT2D eigenvalue weighted by molar-refractivity contribution is 6.53. The van der Waals surface area contributed by atoms with Gasteiger partial charge in [-0.1, -0.05) is 35.9 Å². The molecule has 0 saturated heterocycles. The van der Waals surface area contributed by atoms with Crippen molar-refractivity contribution >= 4 is 52.2 Å². The van der Waals surface area contributed by atoms with Crippen molar-refractivity contribution in [3.8, 4) is 0 Å². The number of ketones is 1. The summed E-state index contributed by atoms with van der Waals surface area (Å²) < 4.78 is 61.1. The third-order valence-electron chi connectivity index (χ3n) is 5.05. The van der Waals surface area contributed by atoms with Crippen LogP contribution >= 0.6 is 34.8 Å². The van der Waals surface area contributed by atoms with Crippen molar-refractivity contribution in [2.45, 2.75) is 35.7 Å². The van der Waals surface area contributed by atoms with Gasteiger partial charge in [-0.2, -0.15) is 13.2 Å². The van der Waals surface area contributed by atoms with Gasteiger partial charge in [-0.05, 0) is 23.8 Å². The molecule has 1 aliphatic carbocycles. The van der Waals surface area contributed by atoms with E-state index in [4.69, 9.17) is 34.8 Å². The molecule has 11 heteroatoms. The molecule has 2 unspecified atom stereocenters. The number of hydrogen-bond acceptors (Lipinski definition) is 2. The van der Waals surface area contributed by atoms with Crippen LogP contribution < -0.4 is 5.32 Å². The van der Waals surface area contributed by atoms with Crippen LogP contribution in [-0.2, 0) is 4.79 Å². The normalized spacial score (nSPS) is 19.7. The van der Waals surface area contributed by atoms with Gasteiger partial charge >= 0.3 is 6.18 Å². The van der Waals surface area contributed by atoms with Gasteiger partial charge in [0.15, 0.2) is 5.78 Å². The zero-order valence-electron chi connectivity index (χ0n) is 16.0. The largest absolute Gasteiger partial charge is 0.389 e. The number of hydrogen-bond donors (Lipinski definition) is 1. The fourth-order valence-corrected chi connectivity index (χ4v) is 4.39. The molecule has 0 spiro atoms. The van der Waals surface area contributed by atoms with Crippen LogP contribution in [-0.4, -0.2) is 22.2 Å². The van der Waals surface area contributed by atoms with Crippen molar-refractivity contribution in [3.63, 3.8) is 0 Å². The highest BCUT2D eigenvalue weighted by Crippen LogP contribution is 2.65. The molecule has 0 heterocycles. The van der Waals surface area contributed by atoms with Crippen LogP contribution in [0, 0.1) is 5.92 Å². The number of carbonyl (C=O) groups excluding carboxylic acids is 2. The van der Waals surface area contributed by atoms with Crippen LogP contribution in [0.3, 0.4) is 0 Å². The molecule has 0 aromatic heterocycles. The quantitative estimate of drug-likeness (QED) is 0.239. The molecule has 172 valence electrons. The zero-order chi connectivity index (χ0) is 23.8. The van der Waals surface area contributed by atoms with E-state index in [-0.39, 0.29) is 21.8 Å². The monoisotopic (exact) mass is 513 g/mol. The van der Waals surface area contributed by atoms with E-state index in [1.54, 1.807) is 0 Å². The Labute approximate surface area is 194 Å². The fourth-order valence-electron chi connectivity index (χ4n) is 3.34. The highest BCUT2D eigenvalue weighted by Gasteiger charge is 2.67. The molecule has 1 N–H and O–H groups in total. The predicted molar refractivity (Wildman–Crippen MR) is 112 cm³/mol. The molecule has 1 saturated carbocycles. The number of Topliss-reactive ketones (excluding diaryl/α,β-unsaturated/α-hetero) is 1. The minimum absolute atomic E-state index is 0.0531. The molecule has 2 aromatic rings. The average molecular weight is 515 g/mol. The van der Waals surface area contributed by atoms with Crippen molar-refractivity contribution in [2.24, 2.45) is 5.92 Å². The van der Waals surface area contributed by atoms with Gasteiger partial charge in [-0.15, -0.1) is 23.2 Å². The molecular formula is C21H15Cl3F5NO2. The number of anilines is 1. The van der Waals surface area contributed by atoms with Crippen molar-refractivity contribution in [3.05, 3.63) is 64.2 Å². The molecule has 1 aliphatic rings. The third-order valence-corrected chi connectivity index (χ3v) is 6.32. The molecule has 3 nitrogen and oxygen atoms in total. The molecule has 2 aromatic carbocycles. The Kier molecular flexibility index (Phi) is 7.08. The van der Waals surface area contributed by atoms with Crippen LogP contribution in [0.5, 0.6) is 0 Å². The Morgan fingerprint density at radius 3 is 2.25 bits per heavy atom. The predicted octanol–water partition coefficient (Wildman–Crippen LogP) is 7.33. The summed E-state index contributed by atoms with van der Waals surface area (Å²) in [4.78, 5) is 24.8. The van der Waals surface area contributed by atoms with Gasteiger partial charge < -0.3 is 5.32 Å². The van der Waals surface area contributed by atoms with E-state index < -0.39 is 53.3 Å². The zero-order valence-corrected chi connectivity index (χ0v) is 18.3. The molecule has 3 rings (SSSR count). The smallest absolute Gasteiger partial charge is 0.326 e. The first kappa shape index (κ1) is 24.7. The number of rotatable bonds is 7.